The van der Waals surface area contributed by atoms with E-state index >= 15 is 0 Å². The van der Waals surface area contributed by atoms with Crippen molar-refractivity contribution in [3.63, 3.8) is 0 Å². The second kappa shape index (κ2) is 7.46. The van der Waals surface area contributed by atoms with Gasteiger partial charge in [0.05, 0.1) is 5.82 Å². The minimum absolute atomic E-state index is 0.577. The van der Waals surface area contributed by atoms with Crippen LogP contribution in [0, 0.1) is 11.3 Å². The van der Waals surface area contributed by atoms with Crippen molar-refractivity contribution < 1.29 is 0 Å². The monoisotopic (exact) mass is 358 g/mol. The zero-order valence-corrected chi connectivity index (χ0v) is 16.7. The number of likely N-dealkylation sites (tertiary alicyclic amines) is 2. The van der Waals surface area contributed by atoms with E-state index in [1.165, 1.54) is 76.1 Å². The van der Waals surface area contributed by atoms with Crippen molar-refractivity contribution in [2.75, 3.05) is 32.7 Å². The Morgan fingerprint density at radius 1 is 1.15 bits per heavy atom. The molecule has 0 bridgehead atoms. The molecule has 0 aromatic heterocycles. The summed E-state index contributed by atoms with van der Waals surface area (Å²) >= 11 is 0. The summed E-state index contributed by atoms with van der Waals surface area (Å²) in [5.74, 6) is 2.10. The third kappa shape index (κ3) is 3.62. The van der Waals surface area contributed by atoms with E-state index in [9.17, 15) is 0 Å². The van der Waals surface area contributed by atoms with E-state index in [2.05, 4.69) is 40.5 Å². The number of nitrogens with one attached hydrogen (secondary N) is 2. The molecule has 0 aromatic carbocycles. The molecule has 1 aliphatic carbocycles. The normalized spacial score (nSPS) is 33.9. The Labute approximate surface area is 160 Å². The lowest BCUT2D eigenvalue weighted by Crippen LogP contribution is -2.54. The Morgan fingerprint density at radius 2 is 1.96 bits per heavy atom. The van der Waals surface area contributed by atoms with E-state index in [-0.39, 0.29) is 0 Å². The maximum absolute atomic E-state index is 4.51. The van der Waals surface area contributed by atoms with Crippen molar-refractivity contribution in [3.05, 3.63) is 24.7 Å². The molecule has 3 atom stereocenters. The van der Waals surface area contributed by atoms with Gasteiger partial charge in [-0.3, -0.25) is 0 Å². The molecule has 3 saturated heterocycles. The summed E-state index contributed by atoms with van der Waals surface area (Å²) in [5.41, 5.74) is 1.84. The summed E-state index contributed by atoms with van der Waals surface area (Å²) in [5, 5.41) is 7.34. The average Bonchev–Trinajstić information content (AvgIpc) is 3.04. The van der Waals surface area contributed by atoms with E-state index in [0.717, 1.165) is 31.5 Å². The zero-order chi connectivity index (χ0) is 18.1. The van der Waals surface area contributed by atoms with Crippen molar-refractivity contribution in [3.8, 4) is 0 Å². The largest absolute Gasteiger partial charge is 0.384 e. The highest BCUT2D eigenvalue weighted by Crippen LogP contribution is 2.47. The molecule has 2 N–H and O–H groups in total. The Hall–Kier alpha value is -1.16. The minimum atomic E-state index is 0.577. The molecule has 146 valence electrons. The fraction of sp³-hybridized carbons (Fsp3) is 0.818. The van der Waals surface area contributed by atoms with E-state index in [4.69, 9.17) is 0 Å². The third-order valence-electron chi connectivity index (χ3n) is 7.71. The van der Waals surface area contributed by atoms with Crippen LogP contribution in [0.4, 0.5) is 0 Å². The van der Waals surface area contributed by atoms with Crippen LogP contribution in [0.3, 0.4) is 0 Å². The predicted molar refractivity (Wildman–Crippen MR) is 109 cm³/mol. The molecule has 0 radical (unpaired) electrons. The van der Waals surface area contributed by atoms with E-state index < -0.39 is 0 Å². The molecule has 4 nitrogen and oxygen atoms in total. The first-order valence-corrected chi connectivity index (χ1v) is 10.9. The van der Waals surface area contributed by atoms with Crippen LogP contribution in [0.1, 0.15) is 58.3 Å². The number of fused-ring (bicyclic) bond motifs is 1. The van der Waals surface area contributed by atoms with E-state index in [0.29, 0.717) is 11.5 Å². The van der Waals surface area contributed by atoms with Gasteiger partial charge in [0.1, 0.15) is 0 Å². The van der Waals surface area contributed by atoms with Gasteiger partial charge < -0.3 is 20.4 Å². The maximum atomic E-state index is 4.51. The van der Waals surface area contributed by atoms with Gasteiger partial charge in [0.25, 0.3) is 0 Å². The second-order valence-electron chi connectivity index (χ2n) is 9.29. The van der Waals surface area contributed by atoms with Crippen LogP contribution in [0.2, 0.25) is 0 Å². The Kier molecular flexibility index (Phi) is 5.22. The van der Waals surface area contributed by atoms with Gasteiger partial charge in [0.2, 0.25) is 0 Å². The minimum Gasteiger partial charge on any atom is -0.384 e. The first-order chi connectivity index (χ1) is 12.6. The zero-order valence-electron chi connectivity index (χ0n) is 16.7. The van der Waals surface area contributed by atoms with Crippen LogP contribution < -0.4 is 10.6 Å². The Balaban J connectivity index is 1.29. The van der Waals surface area contributed by atoms with Gasteiger partial charge in [0, 0.05) is 44.0 Å². The van der Waals surface area contributed by atoms with Crippen LogP contribution in [0.5, 0.6) is 0 Å². The smallest absolute Gasteiger partial charge is 0.0965 e. The molecule has 4 fully saturated rings. The van der Waals surface area contributed by atoms with Gasteiger partial charge in [-0.1, -0.05) is 20.1 Å². The van der Waals surface area contributed by atoms with Crippen molar-refractivity contribution >= 4 is 0 Å². The molecule has 0 amide bonds. The standard InChI is InChI=1S/C22H38N4/c1-4-23-20-7-9-22(15-20)10-13-25(14-11-22)18(3)26-12-8-19-6-5-17(2)24-21(19)16-26/h19-21,23-24H,2-16H2,1H3. The third-order valence-corrected chi connectivity index (χ3v) is 7.71. The van der Waals surface area contributed by atoms with Gasteiger partial charge in [-0.05, 0) is 69.2 Å². The number of nitrogens with zero attached hydrogens (tertiary/aromatic N) is 2. The molecule has 3 aliphatic heterocycles. The molecule has 4 aliphatic rings. The van der Waals surface area contributed by atoms with Crippen molar-refractivity contribution in [2.45, 2.75) is 70.4 Å². The first-order valence-electron chi connectivity index (χ1n) is 10.9. The molecule has 4 heteroatoms. The molecule has 1 spiro atoms. The van der Waals surface area contributed by atoms with Crippen LogP contribution in [-0.4, -0.2) is 54.6 Å². The Bertz CT molecular complexity index is 534. The highest BCUT2D eigenvalue weighted by atomic mass is 15.3. The fourth-order valence-electron chi connectivity index (χ4n) is 6.00. The number of hydrogen-bond donors (Lipinski definition) is 2. The van der Waals surface area contributed by atoms with Gasteiger partial charge >= 0.3 is 0 Å². The quantitative estimate of drug-likeness (QED) is 0.807. The topological polar surface area (TPSA) is 30.5 Å². The molecule has 3 heterocycles. The van der Waals surface area contributed by atoms with Crippen LogP contribution in [0.25, 0.3) is 0 Å². The van der Waals surface area contributed by atoms with Crippen LogP contribution in [-0.2, 0) is 0 Å². The number of hydrogen-bond acceptors (Lipinski definition) is 4. The van der Waals surface area contributed by atoms with Crippen molar-refractivity contribution in [1.82, 2.24) is 20.4 Å². The SMILES string of the molecule is C=C1CCC2CCN(C(=C)N3CCC4(CCC(NCC)C4)CC3)CC2N1. The van der Waals surface area contributed by atoms with Gasteiger partial charge in [-0.2, -0.15) is 0 Å². The van der Waals surface area contributed by atoms with Crippen molar-refractivity contribution in [1.29, 1.82) is 0 Å². The molecule has 3 unspecified atom stereocenters. The summed E-state index contributed by atoms with van der Waals surface area (Å²) in [6, 6.07) is 1.34. The highest BCUT2D eigenvalue weighted by molar-refractivity contribution is 5.08. The number of piperidine rings is 3. The van der Waals surface area contributed by atoms with Gasteiger partial charge in [-0.25, -0.2) is 0 Å². The maximum Gasteiger partial charge on any atom is 0.0965 e. The number of rotatable bonds is 4. The predicted octanol–water partition coefficient (Wildman–Crippen LogP) is 3.29. The summed E-state index contributed by atoms with van der Waals surface area (Å²) in [6.45, 7) is 16.7. The Morgan fingerprint density at radius 3 is 2.73 bits per heavy atom. The van der Waals surface area contributed by atoms with Gasteiger partial charge in [-0.15, -0.1) is 0 Å². The first kappa shape index (κ1) is 18.2. The molecule has 1 saturated carbocycles. The lowest BCUT2D eigenvalue weighted by atomic mass is 9.77. The van der Waals surface area contributed by atoms with E-state index in [1.54, 1.807) is 0 Å². The molecule has 4 rings (SSSR count). The molecular formula is C22H38N4. The second-order valence-corrected chi connectivity index (χ2v) is 9.29. The summed E-state index contributed by atoms with van der Waals surface area (Å²) < 4.78 is 0. The summed E-state index contributed by atoms with van der Waals surface area (Å²) in [4.78, 5) is 5.12. The highest BCUT2D eigenvalue weighted by Gasteiger charge is 2.42. The summed E-state index contributed by atoms with van der Waals surface area (Å²) in [7, 11) is 0. The molecule has 0 aromatic rings. The lowest BCUT2D eigenvalue weighted by molar-refractivity contribution is 0.0761. The van der Waals surface area contributed by atoms with E-state index in [1.807, 2.05) is 0 Å². The van der Waals surface area contributed by atoms with Crippen LogP contribution >= 0.6 is 0 Å². The lowest BCUT2D eigenvalue weighted by Gasteiger charge is -2.48. The summed E-state index contributed by atoms with van der Waals surface area (Å²) in [6.07, 6.45) is 10.7. The van der Waals surface area contributed by atoms with Crippen LogP contribution in [0.15, 0.2) is 24.7 Å². The van der Waals surface area contributed by atoms with Gasteiger partial charge in [0.15, 0.2) is 0 Å². The fourth-order valence-corrected chi connectivity index (χ4v) is 6.00. The average molecular weight is 359 g/mol. The molecular weight excluding hydrogens is 320 g/mol. The number of allylic oxidation sites excluding steroid dienone is 1. The van der Waals surface area contributed by atoms with Crippen molar-refractivity contribution in [2.24, 2.45) is 11.3 Å². The molecule has 26 heavy (non-hydrogen) atoms.